The number of sulfone groups is 1. The number of aromatic nitrogens is 1. The van der Waals surface area contributed by atoms with Gasteiger partial charge in [-0.25, -0.2) is 8.42 Å². The second-order valence-corrected chi connectivity index (χ2v) is 5.98. The molecule has 18 heavy (non-hydrogen) atoms. The topological polar surface area (TPSA) is 69.4 Å². The lowest BCUT2D eigenvalue weighted by Crippen LogP contribution is -1.98. The molecule has 1 aromatic heterocycles. The van der Waals surface area contributed by atoms with Crippen LogP contribution in [0.4, 0.5) is 0 Å². The van der Waals surface area contributed by atoms with Gasteiger partial charge in [-0.3, -0.25) is 0 Å². The molecule has 0 atom stereocenters. The van der Waals surface area contributed by atoms with E-state index >= 15 is 0 Å². The smallest absolute Gasteiger partial charge is 0.175 e. The lowest BCUT2D eigenvalue weighted by atomic mass is 10.3. The van der Waals surface area contributed by atoms with Crippen LogP contribution in [0, 0.1) is 6.92 Å². The van der Waals surface area contributed by atoms with Crippen LogP contribution in [0.5, 0.6) is 5.75 Å². The lowest BCUT2D eigenvalue weighted by molar-refractivity contribution is 0.287. The van der Waals surface area contributed by atoms with Crippen LogP contribution in [0.2, 0.25) is 0 Å². The Kier molecular flexibility index (Phi) is 3.38. The Labute approximate surface area is 105 Å². The first-order chi connectivity index (χ1) is 8.45. The van der Waals surface area contributed by atoms with Crippen molar-refractivity contribution in [1.29, 1.82) is 0 Å². The highest BCUT2D eigenvalue weighted by atomic mass is 32.2. The van der Waals surface area contributed by atoms with Crippen molar-refractivity contribution in [2.45, 2.75) is 18.4 Å². The van der Waals surface area contributed by atoms with Gasteiger partial charge in [-0.2, -0.15) is 0 Å². The zero-order chi connectivity index (χ0) is 13.2. The summed E-state index contributed by atoms with van der Waals surface area (Å²) in [7, 11) is -3.17. The molecule has 0 radical (unpaired) electrons. The summed E-state index contributed by atoms with van der Waals surface area (Å²) >= 11 is 0. The van der Waals surface area contributed by atoms with Gasteiger partial charge < -0.3 is 9.26 Å². The van der Waals surface area contributed by atoms with Gasteiger partial charge in [0, 0.05) is 12.3 Å². The molecule has 0 aliphatic heterocycles. The maximum atomic E-state index is 11.3. The number of rotatable bonds is 4. The van der Waals surface area contributed by atoms with E-state index < -0.39 is 9.84 Å². The van der Waals surface area contributed by atoms with Crippen molar-refractivity contribution < 1.29 is 17.7 Å². The normalized spacial score (nSPS) is 11.4. The fraction of sp³-hybridized carbons (Fsp3) is 0.250. The Morgan fingerprint density at radius 1 is 1.28 bits per heavy atom. The van der Waals surface area contributed by atoms with Gasteiger partial charge in [0.2, 0.25) is 0 Å². The molecular weight excluding hydrogens is 254 g/mol. The summed E-state index contributed by atoms with van der Waals surface area (Å²) in [6, 6.07) is 8.04. The van der Waals surface area contributed by atoms with Crippen molar-refractivity contribution in [3.63, 3.8) is 0 Å². The highest BCUT2D eigenvalue weighted by molar-refractivity contribution is 7.90. The zero-order valence-corrected chi connectivity index (χ0v) is 10.9. The molecule has 0 bridgehead atoms. The number of hydrogen-bond acceptors (Lipinski definition) is 5. The number of nitrogens with zero attached hydrogens (tertiary/aromatic N) is 1. The Morgan fingerprint density at radius 2 is 1.94 bits per heavy atom. The lowest BCUT2D eigenvalue weighted by Gasteiger charge is -2.04. The standard InChI is InChI=1S/C12H13NO4S/c1-9-7-10(13-17-9)8-16-11-3-5-12(6-4-11)18(2,14)15/h3-7H,8H2,1-2H3. The summed E-state index contributed by atoms with van der Waals surface area (Å²) in [6.45, 7) is 2.09. The third-order valence-corrected chi connectivity index (χ3v) is 3.44. The van der Waals surface area contributed by atoms with Gasteiger partial charge in [0.1, 0.15) is 23.8 Å². The van der Waals surface area contributed by atoms with E-state index in [1.165, 1.54) is 18.4 Å². The van der Waals surface area contributed by atoms with Crippen LogP contribution in [0.15, 0.2) is 39.8 Å². The predicted octanol–water partition coefficient (Wildman–Crippen LogP) is 1.97. The molecule has 0 spiro atoms. The first-order valence-corrected chi connectivity index (χ1v) is 7.19. The molecule has 0 aliphatic carbocycles. The second-order valence-electron chi connectivity index (χ2n) is 3.96. The molecule has 0 unspecified atom stereocenters. The summed E-state index contributed by atoms with van der Waals surface area (Å²) in [5.41, 5.74) is 0.694. The average Bonchev–Trinajstić information content (AvgIpc) is 2.72. The van der Waals surface area contributed by atoms with E-state index in [2.05, 4.69) is 5.16 Å². The molecular formula is C12H13NO4S. The van der Waals surface area contributed by atoms with Crippen molar-refractivity contribution in [3.05, 3.63) is 41.8 Å². The molecule has 0 aliphatic rings. The fourth-order valence-corrected chi connectivity index (χ4v) is 2.06. The van der Waals surface area contributed by atoms with E-state index in [0.717, 1.165) is 5.76 Å². The Morgan fingerprint density at radius 3 is 2.44 bits per heavy atom. The fourth-order valence-electron chi connectivity index (χ4n) is 1.43. The molecule has 5 nitrogen and oxygen atoms in total. The van der Waals surface area contributed by atoms with Crippen LogP contribution in [0.1, 0.15) is 11.5 Å². The van der Waals surface area contributed by atoms with Gasteiger partial charge in [-0.1, -0.05) is 5.16 Å². The molecule has 0 amide bonds. The van der Waals surface area contributed by atoms with Gasteiger partial charge in [-0.15, -0.1) is 0 Å². The van der Waals surface area contributed by atoms with Gasteiger partial charge in [0.05, 0.1) is 4.90 Å². The van der Waals surface area contributed by atoms with Crippen LogP contribution >= 0.6 is 0 Å². The van der Waals surface area contributed by atoms with Crippen LogP contribution in [0.3, 0.4) is 0 Å². The van der Waals surface area contributed by atoms with Gasteiger partial charge in [-0.05, 0) is 31.2 Å². The third-order valence-electron chi connectivity index (χ3n) is 2.32. The largest absolute Gasteiger partial charge is 0.487 e. The van der Waals surface area contributed by atoms with E-state index in [4.69, 9.17) is 9.26 Å². The summed E-state index contributed by atoms with van der Waals surface area (Å²) in [6.07, 6.45) is 1.17. The van der Waals surface area contributed by atoms with E-state index in [1.807, 2.05) is 0 Å². The van der Waals surface area contributed by atoms with Crippen LogP contribution < -0.4 is 4.74 Å². The molecule has 0 saturated carbocycles. The van der Waals surface area contributed by atoms with Crippen LogP contribution in [-0.4, -0.2) is 19.8 Å². The highest BCUT2D eigenvalue weighted by Gasteiger charge is 2.07. The summed E-state index contributed by atoms with van der Waals surface area (Å²) in [5, 5.41) is 3.79. The van der Waals surface area contributed by atoms with Crippen LogP contribution in [0.25, 0.3) is 0 Å². The molecule has 2 rings (SSSR count). The van der Waals surface area contributed by atoms with Crippen molar-refractivity contribution in [2.75, 3.05) is 6.26 Å². The highest BCUT2D eigenvalue weighted by Crippen LogP contribution is 2.17. The number of aryl methyl sites for hydroxylation is 1. The second kappa shape index (κ2) is 4.81. The third kappa shape index (κ3) is 3.10. The van der Waals surface area contributed by atoms with E-state index in [1.54, 1.807) is 25.1 Å². The quantitative estimate of drug-likeness (QED) is 0.847. The Balaban J connectivity index is 2.03. The van der Waals surface area contributed by atoms with Crippen molar-refractivity contribution in [2.24, 2.45) is 0 Å². The molecule has 1 aromatic carbocycles. The van der Waals surface area contributed by atoms with Gasteiger partial charge in [0.15, 0.2) is 9.84 Å². The van der Waals surface area contributed by atoms with E-state index in [-0.39, 0.29) is 11.5 Å². The SMILES string of the molecule is Cc1cc(COc2ccc(S(C)(=O)=O)cc2)no1. The Bertz CT molecular complexity index is 628. The minimum absolute atomic E-state index is 0.270. The van der Waals surface area contributed by atoms with Crippen molar-refractivity contribution >= 4 is 9.84 Å². The Hall–Kier alpha value is -1.82. The molecule has 96 valence electrons. The monoisotopic (exact) mass is 267 g/mol. The summed E-state index contributed by atoms with van der Waals surface area (Å²) in [4.78, 5) is 0.270. The van der Waals surface area contributed by atoms with Crippen molar-refractivity contribution in [1.82, 2.24) is 5.16 Å². The minimum Gasteiger partial charge on any atom is -0.487 e. The van der Waals surface area contributed by atoms with Gasteiger partial charge >= 0.3 is 0 Å². The molecule has 1 heterocycles. The molecule has 0 N–H and O–H groups in total. The number of benzene rings is 1. The van der Waals surface area contributed by atoms with E-state index in [0.29, 0.717) is 11.4 Å². The van der Waals surface area contributed by atoms with Crippen molar-refractivity contribution in [3.8, 4) is 5.75 Å². The van der Waals surface area contributed by atoms with Crippen LogP contribution in [-0.2, 0) is 16.4 Å². The number of hydrogen-bond donors (Lipinski definition) is 0. The molecule has 6 heteroatoms. The summed E-state index contributed by atoms with van der Waals surface area (Å²) < 4.78 is 32.9. The van der Waals surface area contributed by atoms with E-state index in [9.17, 15) is 8.42 Å². The molecule has 0 saturated heterocycles. The average molecular weight is 267 g/mol. The first kappa shape index (κ1) is 12.6. The minimum atomic E-state index is -3.17. The molecule has 0 fully saturated rings. The number of ether oxygens (including phenoxy) is 1. The van der Waals surface area contributed by atoms with Gasteiger partial charge in [0.25, 0.3) is 0 Å². The molecule has 2 aromatic rings. The maximum Gasteiger partial charge on any atom is 0.175 e. The summed E-state index contributed by atoms with van der Waals surface area (Å²) in [5.74, 6) is 1.31. The maximum absolute atomic E-state index is 11.3. The first-order valence-electron chi connectivity index (χ1n) is 5.30. The zero-order valence-electron chi connectivity index (χ0n) is 10.1. The predicted molar refractivity (Wildman–Crippen MR) is 65.1 cm³/mol.